The number of benzene rings is 2. The lowest BCUT2D eigenvalue weighted by Crippen LogP contribution is -2.38. The lowest BCUT2D eigenvalue weighted by atomic mass is 9.94. The number of fused-ring (bicyclic) bond motifs is 2. The summed E-state index contributed by atoms with van der Waals surface area (Å²) in [4.78, 5) is 47.2. The van der Waals surface area contributed by atoms with E-state index < -0.39 is 0 Å². The zero-order valence-electron chi connectivity index (χ0n) is 27.2. The summed E-state index contributed by atoms with van der Waals surface area (Å²) < 4.78 is 1.67. The molecule has 0 atom stereocenters. The average molecular weight is 655 g/mol. The summed E-state index contributed by atoms with van der Waals surface area (Å²) in [5, 5.41) is 23.2. The van der Waals surface area contributed by atoms with Gasteiger partial charge >= 0.3 is 0 Å². The molecule has 5 aromatic rings. The number of aromatic hydroxyl groups is 1. The predicted octanol–water partition coefficient (Wildman–Crippen LogP) is 5.77. The minimum Gasteiger partial charge on any atom is -0.493 e. The Kier molecular flexibility index (Phi) is 8.07. The lowest BCUT2D eigenvalue weighted by molar-refractivity contribution is 0.0664. The first-order valence-corrected chi connectivity index (χ1v) is 17.3. The molecule has 4 heterocycles. The maximum atomic E-state index is 14.0. The normalized spacial score (nSPS) is 17.7. The summed E-state index contributed by atoms with van der Waals surface area (Å²) >= 11 is 0. The van der Waals surface area contributed by atoms with Crippen LogP contribution in [0, 0.1) is 0 Å². The molecule has 248 valence electrons. The lowest BCUT2D eigenvalue weighted by Gasteiger charge is -2.27. The van der Waals surface area contributed by atoms with Crippen molar-refractivity contribution in [3.8, 4) is 28.1 Å². The molecule has 1 amide bonds. The number of carbonyl (C=O) groups is 1. The number of allylic oxidation sites excluding steroid dienone is 1. The molecule has 8 rings (SSSR count). The van der Waals surface area contributed by atoms with E-state index in [4.69, 9.17) is 0 Å². The second-order valence-corrected chi connectivity index (χ2v) is 13.3. The number of aromatic amines is 2. The van der Waals surface area contributed by atoms with E-state index in [-0.39, 0.29) is 40.5 Å². The van der Waals surface area contributed by atoms with Gasteiger partial charge < -0.3 is 15.1 Å². The molecule has 0 spiro atoms. The highest BCUT2D eigenvalue weighted by atomic mass is 16.3. The van der Waals surface area contributed by atoms with E-state index in [1.807, 2.05) is 60.7 Å². The van der Waals surface area contributed by atoms with Gasteiger partial charge in [0.05, 0.1) is 23.0 Å². The van der Waals surface area contributed by atoms with Crippen molar-refractivity contribution in [3.05, 3.63) is 109 Å². The Bertz CT molecular complexity index is 2330. The number of carbonyl (C=O) groups excluding carboxylic acids is 1. The highest BCUT2D eigenvalue weighted by Crippen LogP contribution is 2.39. The molecule has 2 aromatic carbocycles. The van der Waals surface area contributed by atoms with Crippen molar-refractivity contribution in [2.45, 2.75) is 76.3 Å². The van der Waals surface area contributed by atoms with Crippen LogP contribution in [-0.4, -0.2) is 41.8 Å². The molecule has 10 heteroatoms. The van der Waals surface area contributed by atoms with Crippen LogP contribution in [0.2, 0.25) is 0 Å². The Labute approximate surface area is 282 Å². The zero-order chi connectivity index (χ0) is 33.5. The fourth-order valence-corrected chi connectivity index (χ4v) is 7.84. The summed E-state index contributed by atoms with van der Waals surface area (Å²) in [5.41, 5.74) is 3.11. The van der Waals surface area contributed by atoms with Crippen LogP contribution in [0.5, 0.6) is 5.88 Å². The molecule has 10 nitrogen and oxygen atoms in total. The topological polar surface area (TPSA) is 136 Å². The quantitative estimate of drug-likeness (QED) is 0.214. The van der Waals surface area contributed by atoms with Crippen molar-refractivity contribution >= 4 is 29.1 Å². The highest BCUT2D eigenvalue weighted by molar-refractivity contribution is 6.02. The largest absolute Gasteiger partial charge is 0.493 e. The molecule has 0 bridgehead atoms. The van der Waals surface area contributed by atoms with Gasteiger partial charge in [0.15, 0.2) is 11.1 Å². The van der Waals surface area contributed by atoms with Crippen molar-refractivity contribution in [1.29, 1.82) is 0 Å². The number of nitrogens with one attached hydrogen (secondary N) is 2. The molecule has 2 saturated carbocycles. The Morgan fingerprint density at radius 2 is 1.33 bits per heavy atom. The molecule has 49 heavy (non-hydrogen) atoms. The van der Waals surface area contributed by atoms with Crippen LogP contribution >= 0.6 is 0 Å². The Balaban J connectivity index is 1.29. The first-order chi connectivity index (χ1) is 24.0. The number of nitrogens with zero attached hydrogens (tertiary/aromatic N) is 4. The van der Waals surface area contributed by atoms with Crippen molar-refractivity contribution < 1.29 is 9.90 Å². The number of rotatable bonds is 6. The molecule has 3 N–H and O–H groups in total. The van der Waals surface area contributed by atoms with Crippen LogP contribution in [0.1, 0.15) is 86.2 Å². The van der Waals surface area contributed by atoms with E-state index in [2.05, 4.69) is 20.2 Å². The Morgan fingerprint density at radius 3 is 1.98 bits per heavy atom. The molecule has 2 aliphatic carbocycles. The number of hydrogen-bond acceptors (Lipinski definition) is 6. The summed E-state index contributed by atoms with van der Waals surface area (Å²) in [6.45, 7) is 0. The van der Waals surface area contributed by atoms with Crippen molar-refractivity contribution in [1.82, 2.24) is 24.8 Å². The smallest absolute Gasteiger partial charge is 0.278 e. The Morgan fingerprint density at radius 1 is 0.714 bits per heavy atom. The van der Waals surface area contributed by atoms with Crippen LogP contribution in [-0.2, 0) is 0 Å². The van der Waals surface area contributed by atoms with E-state index in [9.17, 15) is 19.5 Å². The molecule has 0 radical (unpaired) electrons. The summed E-state index contributed by atoms with van der Waals surface area (Å²) in [6, 6.07) is 18.9. The molecule has 0 unspecified atom stereocenters. The minimum atomic E-state index is -0.386. The standard InChI is InChI=1S/C39H38N6O4/c46-36-28(30(24-14-5-1-6-15-24)32-34(40-36)42-44(38(32)48)26-18-9-3-10-19-26)22-13-23-29-31(25-16-7-2-8-17-25)33-35(41-37(29)47)43-45(39(33)49)27-20-11-4-12-21-27/h1-2,5-8,13-17,22-23,26-27,48H,3-4,9-12,18-21H2,(H,40,42,46)(H,41,43,47)/b22-13-,29-23+. The van der Waals surface area contributed by atoms with Gasteiger partial charge in [-0.1, -0.05) is 105 Å². The minimum absolute atomic E-state index is 0.00466. The van der Waals surface area contributed by atoms with Gasteiger partial charge in [0.25, 0.3) is 17.0 Å². The Hall–Kier alpha value is -5.51. The van der Waals surface area contributed by atoms with Gasteiger partial charge in [0, 0.05) is 21.9 Å². The molecule has 0 saturated heterocycles. The maximum Gasteiger partial charge on any atom is 0.278 e. The average Bonchev–Trinajstić information content (AvgIpc) is 3.64. The van der Waals surface area contributed by atoms with Crippen LogP contribution in [0.4, 0.5) is 0 Å². The first-order valence-electron chi connectivity index (χ1n) is 17.3. The zero-order valence-corrected chi connectivity index (χ0v) is 27.2. The SMILES string of the molecule is O=C1c2c(-c3ccccc3)/c(=C\C=C/c3c(-c4ccccc4)c4c(O)n(C5CCCCC5)nc4[nH]c3=O)c(=O)[nH]c2=NN1C1CCCCC1. The molecule has 2 fully saturated rings. The molecular formula is C39H38N6O4. The van der Waals surface area contributed by atoms with Crippen molar-refractivity contribution in [3.63, 3.8) is 0 Å². The second-order valence-electron chi connectivity index (χ2n) is 13.3. The van der Waals surface area contributed by atoms with Gasteiger partial charge in [-0.2, -0.15) is 10.2 Å². The molecule has 3 aromatic heterocycles. The van der Waals surface area contributed by atoms with Crippen LogP contribution < -0.4 is 21.8 Å². The first kappa shape index (κ1) is 30.8. The van der Waals surface area contributed by atoms with Crippen LogP contribution in [0.15, 0.2) is 81.4 Å². The van der Waals surface area contributed by atoms with E-state index in [0.29, 0.717) is 38.5 Å². The van der Waals surface area contributed by atoms with Crippen LogP contribution in [0.25, 0.3) is 45.4 Å². The van der Waals surface area contributed by atoms with Crippen molar-refractivity contribution in [2.24, 2.45) is 5.10 Å². The monoisotopic (exact) mass is 654 g/mol. The van der Waals surface area contributed by atoms with Crippen LogP contribution in [0.3, 0.4) is 0 Å². The number of H-pyrrole nitrogens is 2. The molecule has 1 aliphatic heterocycles. The summed E-state index contributed by atoms with van der Waals surface area (Å²) in [5.74, 6) is -0.184. The van der Waals surface area contributed by atoms with Gasteiger partial charge in [0.2, 0.25) is 5.88 Å². The van der Waals surface area contributed by atoms with Crippen molar-refractivity contribution in [2.75, 3.05) is 0 Å². The van der Waals surface area contributed by atoms with Gasteiger partial charge in [-0.15, -0.1) is 0 Å². The van der Waals surface area contributed by atoms with E-state index in [1.165, 1.54) is 0 Å². The summed E-state index contributed by atoms with van der Waals surface area (Å²) in [7, 11) is 0. The second kappa shape index (κ2) is 12.8. The van der Waals surface area contributed by atoms with E-state index in [1.54, 1.807) is 27.9 Å². The van der Waals surface area contributed by atoms with Gasteiger partial charge in [-0.3, -0.25) is 14.4 Å². The van der Waals surface area contributed by atoms with Gasteiger partial charge in [-0.05, 0) is 49.0 Å². The van der Waals surface area contributed by atoms with Gasteiger partial charge in [-0.25, -0.2) is 9.69 Å². The summed E-state index contributed by atoms with van der Waals surface area (Å²) in [6.07, 6.45) is 15.1. The predicted molar refractivity (Wildman–Crippen MR) is 189 cm³/mol. The maximum absolute atomic E-state index is 14.0. The molecular weight excluding hydrogens is 616 g/mol. The molecule has 3 aliphatic rings. The number of hydrogen-bond donors (Lipinski definition) is 3. The fourth-order valence-electron chi connectivity index (χ4n) is 7.84. The number of amides is 1. The third-order valence-corrected chi connectivity index (χ3v) is 10.2. The van der Waals surface area contributed by atoms with E-state index >= 15 is 0 Å². The highest BCUT2D eigenvalue weighted by Gasteiger charge is 2.34. The van der Waals surface area contributed by atoms with Gasteiger partial charge in [0.1, 0.15) is 0 Å². The number of pyridine rings is 2. The third-order valence-electron chi connectivity index (χ3n) is 10.2. The third kappa shape index (κ3) is 5.50. The fraction of sp³-hybridized carbons (Fsp3) is 0.308. The number of aromatic nitrogens is 4. The van der Waals surface area contributed by atoms with E-state index in [0.717, 1.165) is 75.3 Å².